The summed E-state index contributed by atoms with van der Waals surface area (Å²) in [5.41, 5.74) is 1.62. The second-order valence-electron chi connectivity index (χ2n) is 7.90. The Bertz CT molecular complexity index is 1140. The van der Waals surface area contributed by atoms with Crippen LogP contribution in [0.5, 0.6) is 0 Å². The first-order chi connectivity index (χ1) is 16.8. The van der Waals surface area contributed by atoms with Crippen LogP contribution in [0, 0.1) is 0 Å². The Morgan fingerprint density at radius 2 is 1.14 bits per heavy atom. The standard InChI is InChI=1S/C13H12BrNO4.C11H8BrNO3/c14-7-13(18-5-6-19-13)8-15-11(16)9-3-1-2-4-10(9)12(15)17;12-5-7(14)6-13-10(15)8-3-1-2-4-9(8)11(13)16/h1-4H,5-8H2;1-4H,5-6H2. The number of carbonyl (C=O) groups excluding carboxylic acids is 5. The average molecular weight is 608 g/mol. The van der Waals surface area contributed by atoms with Gasteiger partial charge in [-0.2, -0.15) is 0 Å². The summed E-state index contributed by atoms with van der Waals surface area (Å²) >= 11 is 6.31. The second-order valence-corrected chi connectivity index (χ2v) is 9.02. The molecule has 0 aromatic heterocycles. The molecule has 11 heteroatoms. The summed E-state index contributed by atoms with van der Waals surface area (Å²) < 4.78 is 11.1. The highest BCUT2D eigenvalue weighted by molar-refractivity contribution is 9.09. The number of halogens is 2. The molecular weight excluding hydrogens is 588 g/mol. The predicted octanol–water partition coefficient (Wildman–Crippen LogP) is 2.67. The number of hydrogen-bond donors (Lipinski definition) is 0. The molecule has 0 unspecified atom stereocenters. The molecule has 0 saturated carbocycles. The van der Waals surface area contributed by atoms with Crippen molar-refractivity contribution >= 4 is 61.3 Å². The molecule has 2 aromatic rings. The number of nitrogens with zero attached hydrogens (tertiary/aromatic N) is 2. The van der Waals surface area contributed by atoms with Gasteiger partial charge in [0, 0.05) is 0 Å². The molecule has 0 aliphatic carbocycles. The van der Waals surface area contributed by atoms with Gasteiger partial charge in [0.05, 0.1) is 59.2 Å². The fourth-order valence-electron chi connectivity index (χ4n) is 3.93. The minimum absolute atomic E-state index is 0.102. The maximum Gasteiger partial charge on any atom is 0.261 e. The third-order valence-electron chi connectivity index (χ3n) is 5.66. The lowest BCUT2D eigenvalue weighted by atomic mass is 10.1. The highest BCUT2D eigenvalue weighted by Gasteiger charge is 2.44. The molecule has 0 bridgehead atoms. The summed E-state index contributed by atoms with van der Waals surface area (Å²) in [5, 5.41) is 0.549. The molecule has 3 aliphatic rings. The first-order valence-corrected chi connectivity index (χ1v) is 12.9. The minimum atomic E-state index is -0.923. The lowest BCUT2D eigenvalue weighted by molar-refractivity contribution is -0.142. The number of carbonyl (C=O) groups is 5. The van der Waals surface area contributed by atoms with Crippen molar-refractivity contribution in [2.45, 2.75) is 5.79 Å². The number of imide groups is 2. The van der Waals surface area contributed by atoms with Crippen LogP contribution in [0.3, 0.4) is 0 Å². The van der Waals surface area contributed by atoms with E-state index in [1.807, 2.05) is 0 Å². The Balaban J connectivity index is 0.000000168. The topological polar surface area (TPSA) is 110 Å². The molecule has 9 nitrogen and oxygen atoms in total. The van der Waals surface area contributed by atoms with Gasteiger partial charge in [-0.1, -0.05) is 56.1 Å². The summed E-state index contributed by atoms with van der Waals surface area (Å²) in [4.78, 5) is 61.4. The van der Waals surface area contributed by atoms with E-state index < -0.39 is 17.6 Å². The summed E-state index contributed by atoms with van der Waals surface area (Å²) in [7, 11) is 0. The van der Waals surface area contributed by atoms with E-state index in [-0.39, 0.29) is 36.0 Å². The van der Waals surface area contributed by atoms with Crippen molar-refractivity contribution in [3.63, 3.8) is 0 Å². The molecule has 0 spiro atoms. The summed E-state index contributed by atoms with van der Waals surface area (Å²) in [6.07, 6.45) is 0. The van der Waals surface area contributed by atoms with E-state index >= 15 is 0 Å². The zero-order valence-corrected chi connectivity index (χ0v) is 21.5. The maximum atomic E-state index is 12.2. The SMILES string of the molecule is O=C(CBr)CN1C(=O)c2ccccc2C1=O.O=C1c2ccccc2C(=O)N1CC1(CBr)OCCO1. The smallest absolute Gasteiger partial charge is 0.261 e. The van der Waals surface area contributed by atoms with E-state index in [9.17, 15) is 24.0 Å². The molecule has 1 fully saturated rings. The molecule has 0 radical (unpaired) electrons. The number of amides is 4. The molecule has 3 aliphatic heterocycles. The highest BCUT2D eigenvalue weighted by atomic mass is 79.9. The van der Waals surface area contributed by atoms with Crippen molar-refractivity contribution in [1.82, 2.24) is 9.80 Å². The average Bonchev–Trinajstić information content (AvgIpc) is 3.53. The summed E-state index contributed by atoms with van der Waals surface area (Å²) in [6, 6.07) is 13.4. The Morgan fingerprint density at radius 1 is 0.743 bits per heavy atom. The molecule has 35 heavy (non-hydrogen) atoms. The van der Waals surface area contributed by atoms with E-state index in [4.69, 9.17) is 9.47 Å². The Hall–Kier alpha value is -2.73. The van der Waals surface area contributed by atoms with E-state index in [1.54, 1.807) is 48.5 Å². The van der Waals surface area contributed by atoms with Crippen LogP contribution in [0.1, 0.15) is 41.4 Å². The lowest BCUT2D eigenvalue weighted by Gasteiger charge is -2.28. The van der Waals surface area contributed by atoms with Gasteiger partial charge in [-0.15, -0.1) is 0 Å². The van der Waals surface area contributed by atoms with Crippen LogP contribution in [0.2, 0.25) is 0 Å². The minimum Gasteiger partial charge on any atom is -0.345 e. The first-order valence-electron chi connectivity index (χ1n) is 10.6. The zero-order chi connectivity index (χ0) is 25.2. The van der Waals surface area contributed by atoms with Crippen molar-refractivity contribution < 1.29 is 33.4 Å². The van der Waals surface area contributed by atoms with E-state index in [2.05, 4.69) is 31.9 Å². The molecular formula is C24H20Br2N2O7. The van der Waals surface area contributed by atoms with E-state index in [1.165, 1.54) is 4.90 Å². The molecule has 4 amide bonds. The molecule has 0 atom stereocenters. The molecule has 1 saturated heterocycles. The van der Waals surface area contributed by atoms with Crippen molar-refractivity contribution in [3.05, 3.63) is 70.8 Å². The summed E-state index contributed by atoms with van der Waals surface area (Å²) in [5.74, 6) is -2.49. The van der Waals surface area contributed by atoms with Crippen LogP contribution in [0.4, 0.5) is 0 Å². The Labute approximate surface area is 217 Å². The van der Waals surface area contributed by atoms with Gasteiger partial charge in [-0.3, -0.25) is 33.8 Å². The van der Waals surface area contributed by atoms with Crippen LogP contribution in [-0.2, 0) is 14.3 Å². The predicted molar refractivity (Wildman–Crippen MR) is 131 cm³/mol. The van der Waals surface area contributed by atoms with E-state index in [0.717, 1.165) is 4.90 Å². The maximum absolute atomic E-state index is 12.2. The second kappa shape index (κ2) is 10.5. The number of rotatable bonds is 6. The van der Waals surface area contributed by atoms with Gasteiger partial charge in [-0.05, 0) is 24.3 Å². The zero-order valence-electron chi connectivity index (χ0n) is 18.4. The fourth-order valence-corrected chi connectivity index (χ4v) is 4.61. The number of alkyl halides is 2. The van der Waals surface area contributed by atoms with Crippen LogP contribution in [-0.4, -0.2) is 82.0 Å². The van der Waals surface area contributed by atoms with Crippen LogP contribution < -0.4 is 0 Å². The molecule has 2 aromatic carbocycles. The first kappa shape index (κ1) is 25.4. The monoisotopic (exact) mass is 606 g/mol. The van der Waals surface area contributed by atoms with Gasteiger partial charge in [0.25, 0.3) is 23.6 Å². The quantitative estimate of drug-likeness (QED) is 0.367. The Morgan fingerprint density at radius 3 is 1.51 bits per heavy atom. The van der Waals surface area contributed by atoms with Crippen molar-refractivity contribution in [3.8, 4) is 0 Å². The number of ketones is 1. The lowest BCUT2D eigenvalue weighted by Crippen LogP contribution is -2.47. The molecule has 182 valence electrons. The molecule has 5 rings (SSSR count). The molecule has 0 N–H and O–H groups in total. The van der Waals surface area contributed by atoms with Gasteiger partial charge in [-0.25, -0.2) is 0 Å². The molecule has 3 heterocycles. The normalized spacial score (nSPS) is 17.9. The third kappa shape index (κ3) is 4.86. The van der Waals surface area contributed by atoms with Crippen LogP contribution >= 0.6 is 31.9 Å². The Kier molecular flexibility index (Phi) is 7.60. The third-order valence-corrected chi connectivity index (χ3v) is 7.14. The van der Waals surface area contributed by atoms with Crippen molar-refractivity contribution in [1.29, 1.82) is 0 Å². The van der Waals surface area contributed by atoms with Crippen molar-refractivity contribution in [2.75, 3.05) is 37.0 Å². The van der Waals surface area contributed by atoms with E-state index in [0.29, 0.717) is 40.8 Å². The van der Waals surface area contributed by atoms with Crippen molar-refractivity contribution in [2.24, 2.45) is 0 Å². The highest BCUT2D eigenvalue weighted by Crippen LogP contribution is 2.29. The fraction of sp³-hybridized carbons (Fsp3) is 0.292. The van der Waals surface area contributed by atoms with Gasteiger partial charge < -0.3 is 9.47 Å². The van der Waals surface area contributed by atoms with Gasteiger partial charge in [0.2, 0.25) is 0 Å². The number of benzene rings is 2. The van der Waals surface area contributed by atoms with Crippen LogP contribution in [0.25, 0.3) is 0 Å². The summed E-state index contributed by atoms with van der Waals surface area (Å²) in [6.45, 7) is 0.867. The number of hydrogen-bond acceptors (Lipinski definition) is 7. The van der Waals surface area contributed by atoms with Gasteiger partial charge in [0.1, 0.15) is 0 Å². The number of Topliss-reactive ketones (excluding diaryl/α,β-unsaturated/α-hetero) is 1. The number of ether oxygens (including phenoxy) is 2. The van der Waals surface area contributed by atoms with Gasteiger partial charge in [0.15, 0.2) is 11.6 Å². The number of fused-ring (bicyclic) bond motifs is 2. The largest absolute Gasteiger partial charge is 0.345 e. The van der Waals surface area contributed by atoms with Crippen LogP contribution in [0.15, 0.2) is 48.5 Å². The van der Waals surface area contributed by atoms with Gasteiger partial charge >= 0.3 is 0 Å².